The Labute approximate surface area is 104 Å². The van der Waals surface area contributed by atoms with E-state index in [-0.39, 0.29) is 18.0 Å². The first kappa shape index (κ1) is 13.6. The third-order valence-corrected chi connectivity index (χ3v) is 2.18. The number of rotatable bonds is 5. The lowest BCUT2D eigenvalue weighted by Gasteiger charge is -2.02. The Morgan fingerprint density at radius 2 is 1.83 bits per heavy atom. The largest absolute Gasteiger partial charge is 0.466 e. The lowest BCUT2D eigenvalue weighted by molar-refractivity contribution is -0.142. The van der Waals surface area contributed by atoms with Gasteiger partial charge in [-0.1, -0.05) is 24.3 Å². The highest BCUT2D eigenvalue weighted by Gasteiger charge is 2.15. The van der Waals surface area contributed by atoms with Crippen molar-refractivity contribution < 1.29 is 19.1 Å². The smallest absolute Gasteiger partial charge is 0.310 e. The van der Waals surface area contributed by atoms with E-state index in [9.17, 15) is 14.4 Å². The molecule has 0 amide bonds. The fraction of sp³-hybridized carbons (Fsp3) is 0.231. The lowest BCUT2D eigenvalue weighted by Crippen LogP contribution is -2.12. The average molecular weight is 245 g/mol. The normalized spacial score (nSPS) is 9.33. The van der Waals surface area contributed by atoms with Crippen molar-refractivity contribution in [3.63, 3.8) is 0 Å². The Bertz CT molecular complexity index is 511. The van der Waals surface area contributed by atoms with Crippen molar-refractivity contribution >= 4 is 17.5 Å². The van der Waals surface area contributed by atoms with Gasteiger partial charge in [-0.15, -0.1) is 0 Å². The summed E-state index contributed by atoms with van der Waals surface area (Å²) >= 11 is 0. The summed E-state index contributed by atoms with van der Waals surface area (Å²) in [5, 5.41) is 8.32. The van der Waals surface area contributed by atoms with Crippen LogP contribution in [-0.4, -0.2) is 24.1 Å². The molecule has 0 saturated carbocycles. The number of Topliss-reactive ketones (excluding diaryl/α,β-unsaturated/α-hetero) is 2. The number of carbonyl (C=O) groups excluding carboxylic acids is 3. The van der Waals surface area contributed by atoms with E-state index in [1.54, 1.807) is 19.1 Å². The highest BCUT2D eigenvalue weighted by molar-refractivity contribution is 6.48. The highest BCUT2D eigenvalue weighted by atomic mass is 16.5. The van der Waals surface area contributed by atoms with Gasteiger partial charge in [0, 0.05) is 5.56 Å². The predicted octanol–water partition coefficient (Wildman–Crippen LogP) is 1.07. The van der Waals surface area contributed by atoms with Crippen LogP contribution in [0.4, 0.5) is 0 Å². The Morgan fingerprint density at radius 1 is 1.22 bits per heavy atom. The molecule has 0 heterocycles. The molecule has 0 aliphatic carbocycles. The summed E-state index contributed by atoms with van der Waals surface area (Å²) in [4.78, 5) is 33.4. The second kappa shape index (κ2) is 6.30. The molecule has 5 heteroatoms. The standard InChI is InChI=1S/C13H11NO4/c1-2-18-12(16)7-9-3-5-10(6-4-9)13(17)11(15)8-14/h3-6H,2,7H2,1H3. The van der Waals surface area contributed by atoms with Gasteiger partial charge in [-0.3, -0.25) is 14.4 Å². The Balaban J connectivity index is 2.75. The van der Waals surface area contributed by atoms with Crippen molar-refractivity contribution in [3.05, 3.63) is 35.4 Å². The van der Waals surface area contributed by atoms with Crippen LogP contribution in [-0.2, 0) is 20.7 Å². The first-order chi connectivity index (χ1) is 8.58. The summed E-state index contributed by atoms with van der Waals surface area (Å²) < 4.78 is 4.78. The fourth-order valence-electron chi connectivity index (χ4n) is 1.33. The molecule has 0 aliphatic rings. The first-order valence-corrected chi connectivity index (χ1v) is 5.31. The van der Waals surface area contributed by atoms with Crippen LogP contribution in [0.3, 0.4) is 0 Å². The molecule has 0 bridgehead atoms. The molecule has 0 aliphatic heterocycles. The van der Waals surface area contributed by atoms with Gasteiger partial charge in [-0.2, -0.15) is 5.26 Å². The number of esters is 1. The van der Waals surface area contributed by atoms with Crippen molar-refractivity contribution in [1.82, 2.24) is 0 Å². The third kappa shape index (κ3) is 3.52. The van der Waals surface area contributed by atoms with Crippen LogP contribution in [0, 0.1) is 11.3 Å². The quantitative estimate of drug-likeness (QED) is 0.335. The van der Waals surface area contributed by atoms with Crippen LogP contribution in [0.15, 0.2) is 24.3 Å². The highest BCUT2D eigenvalue weighted by Crippen LogP contribution is 2.07. The maximum absolute atomic E-state index is 11.3. The van der Waals surface area contributed by atoms with Gasteiger partial charge in [0.05, 0.1) is 13.0 Å². The summed E-state index contributed by atoms with van der Waals surface area (Å²) in [6.45, 7) is 2.03. The summed E-state index contributed by atoms with van der Waals surface area (Å²) in [6, 6.07) is 7.18. The van der Waals surface area contributed by atoms with Gasteiger partial charge in [0.25, 0.3) is 0 Å². The van der Waals surface area contributed by atoms with E-state index in [1.807, 2.05) is 0 Å². The van der Waals surface area contributed by atoms with Gasteiger partial charge < -0.3 is 4.74 Å². The zero-order valence-electron chi connectivity index (χ0n) is 9.80. The van der Waals surface area contributed by atoms with E-state index in [1.165, 1.54) is 18.2 Å². The van der Waals surface area contributed by atoms with Crippen LogP contribution >= 0.6 is 0 Å². The fourth-order valence-corrected chi connectivity index (χ4v) is 1.33. The van der Waals surface area contributed by atoms with Gasteiger partial charge in [0.1, 0.15) is 6.07 Å². The van der Waals surface area contributed by atoms with Crippen molar-refractivity contribution in [2.45, 2.75) is 13.3 Å². The van der Waals surface area contributed by atoms with E-state index >= 15 is 0 Å². The van der Waals surface area contributed by atoms with Crippen LogP contribution in [0.25, 0.3) is 0 Å². The molecule has 0 radical (unpaired) electrons. The Morgan fingerprint density at radius 3 is 2.33 bits per heavy atom. The molecule has 92 valence electrons. The molecule has 0 unspecified atom stereocenters. The predicted molar refractivity (Wildman–Crippen MR) is 61.7 cm³/mol. The van der Waals surface area contributed by atoms with E-state index in [0.29, 0.717) is 12.2 Å². The monoisotopic (exact) mass is 245 g/mol. The Hall–Kier alpha value is -2.48. The molecular weight excluding hydrogens is 234 g/mol. The topological polar surface area (TPSA) is 84.2 Å². The number of ketones is 2. The minimum atomic E-state index is -1.10. The number of benzene rings is 1. The summed E-state index contributed by atoms with van der Waals surface area (Å²) in [6.07, 6.45) is 0.106. The van der Waals surface area contributed by atoms with Crippen molar-refractivity contribution in [2.24, 2.45) is 0 Å². The molecule has 1 rings (SSSR count). The van der Waals surface area contributed by atoms with E-state index in [0.717, 1.165) is 0 Å². The molecule has 0 fully saturated rings. The van der Waals surface area contributed by atoms with Crippen molar-refractivity contribution in [2.75, 3.05) is 6.61 Å². The minimum absolute atomic E-state index is 0.106. The first-order valence-electron chi connectivity index (χ1n) is 5.31. The number of carbonyl (C=O) groups is 3. The molecule has 1 aromatic rings. The summed E-state index contributed by atoms with van der Waals surface area (Å²) in [7, 11) is 0. The number of nitrogens with zero attached hydrogens (tertiary/aromatic N) is 1. The van der Waals surface area contributed by atoms with Gasteiger partial charge in [-0.25, -0.2) is 0 Å². The van der Waals surface area contributed by atoms with Crippen LogP contribution < -0.4 is 0 Å². The van der Waals surface area contributed by atoms with E-state index in [4.69, 9.17) is 10.00 Å². The summed E-state index contributed by atoms with van der Waals surface area (Å²) in [5.41, 5.74) is 0.809. The molecule has 18 heavy (non-hydrogen) atoms. The van der Waals surface area contributed by atoms with Crippen LogP contribution in [0.1, 0.15) is 22.8 Å². The molecule has 0 N–H and O–H groups in total. The van der Waals surface area contributed by atoms with E-state index < -0.39 is 11.6 Å². The van der Waals surface area contributed by atoms with Gasteiger partial charge in [0.2, 0.25) is 5.78 Å². The molecular formula is C13H11NO4. The van der Waals surface area contributed by atoms with Crippen molar-refractivity contribution in [3.8, 4) is 6.07 Å². The van der Waals surface area contributed by atoms with Gasteiger partial charge >= 0.3 is 11.8 Å². The SMILES string of the molecule is CCOC(=O)Cc1ccc(C(=O)C(=O)C#N)cc1. The number of hydrogen-bond donors (Lipinski definition) is 0. The maximum atomic E-state index is 11.3. The molecule has 1 aromatic carbocycles. The zero-order valence-corrected chi connectivity index (χ0v) is 9.80. The molecule has 5 nitrogen and oxygen atoms in total. The molecule has 0 aromatic heterocycles. The lowest BCUT2D eigenvalue weighted by atomic mass is 10.0. The molecule has 0 spiro atoms. The van der Waals surface area contributed by atoms with Crippen LogP contribution in [0.2, 0.25) is 0 Å². The number of ether oxygens (including phenoxy) is 1. The number of hydrogen-bond acceptors (Lipinski definition) is 5. The van der Waals surface area contributed by atoms with Crippen LogP contribution in [0.5, 0.6) is 0 Å². The average Bonchev–Trinajstić information content (AvgIpc) is 2.38. The molecule has 0 saturated heterocycles. The van der Waals surface area contributed by atoms with Crippen molar-refractivity contribution in [1.29, 1.82) is 5.26 Å². The Kier molecular flexibility index (Phi) is 4.76. The van der Waals surface area contributed by atoms with E-state index in [2.05, 4.69) is 0 Å². The third-order valence-electron chi connectivity index (χ3n) is 2.18. The second-order valence-corrected chi connectivity index (χ2v) is 3.45. The zero-order chi connectivity index (χ0) is 13.5. The van der Waals surface area contributed by atoms with Gasteiger partial charge in [0.15, 0.2) is 0 Å². The summed E-state index contributed by atoms with van der Waals surface area (Å²) in [5.74, 6) is -2.31. The number of nitriles is 1. The minimum Gasteiger partial charge on any atom is -0.466 e. The second-order valence-electron chi connectivity index (χ2n) is 3.45. The molecule has 0 atom stereocenters. The maximum Gasteiger partial charge on any atom is 0.310 e. The van der Waals surface area contributed by atoms with Gasteiger partial charge in [-0.05, 0) is 12.5 Å².